The zero-order valence-corrected chi connectivity index (χ0v) is 37.3. The van der Waals surface area contributed by atoms with Gasteiger partial charge in [0.25, 0.3) is 0 Å². The van der Waals surface area contributed by atoms with E-state index in [1.807, 2.05) is 6.92 Å². The molecule has 0 N–H and O–H groups in total. The Morgan fingerprint density at radius 2 is 0.744 bits per heavy atom. The van der Waals surface area contributed by atoms with Crippen LogP contribution in [-0.4, -0.2) is 65.8 Å². The maximum atomic E-state index is 6.94. The van der Waals surface area contributed by atoms with Crippen molar-refractivity contribution in [1.82, 2.24) is 0 Å². The molecule has 0 atom stereocenters. The van der Waals surface area contributed by atoms with E-state index in [4.69, 9.17) is 26.2 Å². The Morgan fingerprint density at radius 3 is 1.09 bits per heavy atom. The van der Waals surface area contributed by atoms with Crippen molar-refractivity contribution >= 4 is 52.6 Å². The first kappa shape index (κ1) is 44.1. The molecule has 0 saturated carbocycles. The summed E-state index contributed by atoms with van der Waals surface area (Å²) in [6.07, 6.45) is 19.7. The monoisotopic (exact) mass is 712 g/mol. The Bertz CT molecular complexity index is 613. The zero-order chi connectivity index (χ0) is 32.6. The van der Waals surface area contributed by atoms with Gasteiger partial charge in [-0.15, -0.1) is 0 Å². The largest absolute Gasteiger partial charge is 0.468 e. The summed E-state index contributed by atoms with van der Waals surface area (Å²) in [5.41, 5.74) is 0. The van der Waals surface area contributed by atoms with Crippen LogP contribution in [0.1, 0.15) is 103 Å². The van der Waals surface area contributed by atoms with Crippen LogP contribution >= 0.6 is 0 Å². The van der Waals surface area contributed by atoms with E-state index >= 15 is 0 Å². The van der Waals surface area contributed by atoms with Crippen LogP contribution in [0, 0.1) is 0 Å². The summed E-state index contributed by atoms with van der Waals surface area (Å²) in [5, 5.41) is 0. The van der Waals surface area contributed by atoms with E-state index in [0.717, 1.165) is 19.1 Å². The summed E-state index contributed by atoms with van der Waals surface area (Å²) in [6.45, 7) is 26.7. The summed E-state index contributed by atoms with van der Waals surface area (Å²) in [4.78, 5) is 10.00. The molecule has 0 heterocycles. The third-order valence-corrected chi connectivity index (χ3v) is 26.0. The van der Waals surface area contributed by atoms with Crippen molar-refractivity contribution in [3.63, 3.8) is 0 Å². The van der Waals surface area contributed by atoms with Crippen molar-refractivity contribution in [2.75, 3.05) is 13.2 Å². The van der Waals surface area contributed by atoms with Crippen molar-refractivity contribution < 1.29 is 26.2 Å². The van der Waals surface area contributed by atoms with Gasteiger partial charge in [0, 0.05) is 6.04 Å². The molecule has 43 heavy (non-hydrogen) atoms. The second-order valence-corrected chi connectivity index (χ2v) is 34.4. The molecule has 260 valence electrons. The standard InChI is InChI=1S/C31H76O6Si6/c1-12-32-33-28-24-20-16-14-13-15-17-21-25-29-41(8,9)37-42(10,11)30-26-22-18-19-23-27-31-43(34-38(2)3,35-39(4)5)36-40(6)7/h38-40H,12-31H2,1-11H3. The smallest absolute Gasteiger partial charge is 0.455 e. The van der Waals surface area contributed by atoms with E-state index in [1.165, 1.54) is 102 Å². The highest BCUT2D eigenvalue weighted by Gasteiger charge is 2.42. The quantitative estimate of drug-likeness (QED) is 0.0309. The van der Waals surface area contributed by atoms with E-state index in [9.17, 15) is 0 Å². The molecule has 0 aromatic carbocycles. The molecule has 0 amide bonds. The second-order valence-electron chi connectivity index (χ2n) is 14.6. The van der Waals surface area contributed by atoms with Crippen molar-refractivity contribution in [2.24, 2.45) is 0 Å². The van der Waals surface area contributed by atoms with Crippen LogP contribution in [-0.2, 0) is 26.2 Å². The molecule has 0 bridgehead atoms. The van der Waals surface area contributed by atoms with Crippen molar-refractivity contribution in [1.29, 1.82) is 0 Å². The van der Waals surface area contributed by atoms with Gasteiger partial charge in [0.2, 0.25) is 0 Å². The van der Waals surface area contributed by atoms with Crippen LogP contribution in [0.3, 0.4) is 0 Å². The minimum Gasteiger partial charge on any atom is -0.455 e. The van der Waals surface area contributed by atoms with Gasteiger partial charge in [-0.1, -0.05) is 83.5 Å². The predicted molar refractivity (Wildman–Crippen MR) is 203 cm³/mol. The molecular weight excluding hydrogens is 637 g/mol. The van der Waals surface area contributed by atoms with Crippen molar-refractivity contribution in [2.45, 2.75) is 187 Å². The second kappa shape index (κ2) is 26.1. The van der Waals surface area contributed by atoms with Crippen LogP contribution in [0.2, 0.25) is 83.6 Å². The molecule has 0 spiro atoms. The molecule has 0 aliphatic rings. The SMILES string of the molecule is CCOOCCCCCCCCCCC[Si](C)(C)O[Si](C)(C)CCCCCCCC[Si](O[SiH](C)C)(O[SiH](C)C)O[SiH](C)C. The van der Waals surface area contributed by atoms with Gasteiger partial charge in [-0.3, -0.25) is 0 Å². The average molecular weight is 713 g/mol. The number of hydrogen-bond acceptors (Lipinski definition) is 6. The maximum Gasteiger partial charge on any atom is 0.468 e. The van der Waals surface area contributed by atoms with Gasteiger partial charge < -0.3 is 16.5 Å². The van der Waals surface area contributed by atoms with Crippen LogP contribution in [0.5, 0.6) is 0 Å². The Hall–Kier alpha value is 1.06. The lowest BCUT2D eigenvalue weighted by Crippen LogP contribution is -2.53. The van der Waals surface area contributed by atoms with E-state index in [2.05, 4.69) is 65.5 Å². The lowest BCUT2D eigenvalue weighted by atomic mass is 10.1. The molecule has 0 rings (SSSR count). The minimum absolute atomic E-state index is 0.636. The highest BCUT2D eigenvalue weighted by Crippen LogP contribution is 2.27. The topological polar surface area (TPSA) is 55.4 Å². The Labute approximate surface area is 277 Å². The number of rotatable bonds is 31. The van der Waals surface area contributed by atoms with Gasteiger partial charge in [0.1, 0.15) is 0 Å². The summed E-state index contributed by atoms with van der Waals surface area (Å²) in [6, 6.07) is 3.65. The first-order valence-electron chi connectivity index (χ1n) is 18.2. The van der Waals surface area contributed by atoms with Crippen LogP contribution < -0.4 is 0 Å². The lowest BCUT2D eigenvalue weighted by molar-refractivity contribution is -0.291. The third kappa shape index (κ3) is 27.8. The van der Waals surface area contributed by atoms with E-state index in [1.54, 1.807) is 0 Å². The van der Waals surface area contributed by atoms with Crippen molar-refractivity contribution in [3.8, 4) is 0 Å². The first-order chi connectivity index (χ1) is 20.2. The molecule has 0 fully saturated rings. The van der Waals surface area contributed by atoms with Gasteiger partial charge in [-0.05, 0) is 97.3 Å². The zero-order valence-electron chi connectivity index (χ0n) is 30.8. The summed E-state index contributed by atoms with van der Waals surface area (Å²) in [7, 11) is -9.19. The first-order valence-corrected chi connectivity index (χ1v) is 34.7. The van der Waals surface area contributed by atoms with E-state index in [-0.39, 0.29) is 0 Å². The highest BCUT2D eigenvalue weighted by atomic mass is 28.5. The number of unbranched alkanes of at least 4 members (excludes halogenated alkanes) is 13. The van der Waals surface area contributed by atoms with Gasteiger partial charge >= 0.3 is 8.80 Å². The molecule has 12 heteroatoms. The van der Waals surface area contributed by atoms with Crippen LogP contribution in [0.15, 0.2) is 0 Å². The van der Waals surface area contributed by atoms with Gasteiger partial charge in [0.15, 0.2) is 43.8 Å². The normalized spacial score (nSPS) is 13.3. The molecule has 0 saturated heterocycles. The Morgan fingerprint density at radius 1 is 0.419 bits per heavy atom. The minimum atomic E-state index is -2.46. The van der Waals surface area contributed by atoms with Crippen molar-refractivity contribution in [3.05, 3.63) is 0 Å². The maximum absolute atomic E-state index is 6.94. The molecule has 0 aromatic heterocycles. The van der Waals surface area contributed by atoms with Gasteiger partial charge in [0.05, 0.1) is 13.2 Å². The summed E-state index contributed by atoms with van der Waals surface area (Å²) < 4.78 is 26.6. The van der Waals surface area contributed by atoms with Crippen LogP contribution in [0.25, 0.3) is 0 Å². The molecule has 0 aromatic rings. The number of hydrogen-bond donors (Lipinski definition) is 0. The summed E-state index contributed by atoms with van der Waals surface area (Å²) in [5.74, 6) is 0. The molecular formula is C31H76O6Si6. The highest BCUT2D eigenvalue weighted by molar-refractivity contribution is 6.84. The Kier molecular flexibility index (Phi) is 26.7. The molecule has 0 unspecified atom stereocenters. The fourth-order valence-electron chi connectivity index (χ4n) is 5.88. The van der Waals surface area contributed by atoms with E-state index in [0.29, 0.717) is 6.61 Å². The third-order valence-electron chi connectivity index (χ3n) is 7.52. The molecule has 0 aliphatic carbocycles. The molecule has 0 aliphatic heterocycles. The Balaban J connectivity index is 4.05. The van der Waals surface area contributed by atoms with Crippen LogP contribution in [0.4, 0.5) is 0 Å². The fourth-order valence-corrected chi connectivity index (χ4v) is 27.8. The fraction of sp³-hybridized carbons (Fsp3) is 1.00. The van der Waals surface area contributed by atoms with Gasteiger partial charge in [-0.25, -0.2) is 9.78 Å². The predicted octanol–water partition coefficient (Wildman–Crippen LogP) is 10.2. The van der Waals surface area contributed by atoms with Gasteiger partial charge in [-0.2, -0.15) is 0 Å². The average Bonchev–Trinajstić information content (AvgIpc) is 2.86. The summed E-state index contributed by atoms with van der Waals surface area (Å²) >= 11 is 0. The van der Waals surface area contributed by atoms with E-state index < -0.39 is 52.6 Å². The molecule has 0 radical (unpaired) electrons. The molecule has 6 nitrogen and oxygen atoms in total. The lowest BCUT2D eigenvalue weighted by Gasteiger charge is -2.35.